The van der Waals surface area contributed by atoms with Crippen LogP contribution in [0.5, 0.6) is 11.5 Å². The molecule has 0 saturated carbocycles. The lowest BCUT2D eigenvalue weighted by Gasteiger charge is -2.16. The second-order valence-electron chi connectivity index (χ2n) is 8.33. The Bertz CT molecular complexity index is 1450. The predicted octanol–water partition coefficient (Wildman–Crippen LogP) is 7.56. The number of aromatic nitrogens is 2. The van der Waals surface area contributed by atoms with Crippen LogP contribution >= 0.6 is 0 Å². The van der Waals surface area contributed by atoms with Gasteiger partial charge >= 0.3 is 0 Å². The Kier molecular flexibility index (Phi) is 7.19. The zero-order valence-electron chi connectivity index (χ0n) is 20.1. The van der Waals surface area contributed by atoms with E-state index >= 15 is 0 Å². The van der Waals surface area contributed by atoms with E-state index in [1.54, 1.807) is 6.33 Å². The molecule has 0 amide bonds. The van der Waals surface area contributed by atoms with Crippen molar-refractivity contribution in [3.8, 4) is 11.5 Å². The lowest BCUT2D eigenvalue weighted by Crippen LogP contribution is -2.02. The van der Waals surface area contributed by atoms with Gasteiger partial charge in [-0.3, -0.25) is 0 Å². The summed E-state index contributed by atoms with van der Waals surface area (Å²) in [7, 11) is 0. The van der Waals surface area contributed by atoms with Crippen molar-refractivity contribution in [3.05, 3.63) is 126 Å². The van der Waals surface area contributed by atoms with Crippen LogP contribution in [0.1, 0.15) is 23.6 Å². The number of rotatable bonds is 9. The number of fused-ring (bicyclic) bond motifs is 1. The number of allylic oxidation sites excluding steroid dienone is 1. The Morgan fingerprint density at radius 2 is 1.33 bits per heavy atom. The molecule has 1 heterocycles. The lowest BCUT2D eigenvalue weighted by atomic mass is 10.1. The molecule has 0 bridgehead atoms. The summed E-state index contributed by atoms with van der Waals surface area (Å²) in [4.78, 5) is 9.01. The number of hydrogen-bond acceptors (Lipinski definition) is 5. The van der Waals surface area contributed by atoms with Crippen molar-refractivity contribution in [2.24, 2.45) is 0 Å². The molecule has 1 aromatic heterocycles. The van der Waals surface area contributed by atoms with E-state index in [1.807, 2.05) is 97.9 Å². The van der Waals surface area contributed by atoms with Gasteiger partial charge in [-0.2, -0.15) is 0 Å². The van der Waals surface area contributed by atoms with Crippen LogP contribution in [0, 0.1) is 0 Å². The first kappa shape index (κ1) is 23.1. The Balaban J connectivity index is 1.46. The second-order valence-corrected chi connectivity index (χ2v) is 8.33. The minimum absolute atomic E-state index is 0.427. The van der Waals surface area contributed by atoms with Crippen molar-refractivity contribution < 1.29 is 9.47 Å². The molecule has 0 spiro atoms. The molecule has 0 atom stereocenters. The first-order valence-electron chi connectivity index (χ1n) is 11.9. The molecule has 0 aliphatic carbocycles. The first-order valence-corrected chi connectivity index (χ1v) is 11.9. The molecule has 0 radical (unpaired) electrons. The van der Waals surface area contributed by atoms with Crippen LogP contribution in [0.3, 0.4) is 0 Å². The SMILES string of the molecule is C/C=C/c1ccc(Nc2ncnc3cc(OCc4ccccc4)c(OCc4ccccc4)cc23)cc1. The number of nitrogens with zero attached hydrogens (tertiary/aromatic N) is 2. The van der Waals surface area contributed by atoms with Crippen molar-refractivity contribution in [3.63, 3.8) is 0 Å². The quantitative estimate of drug-likeness (QED) is 0.239. The molecule has 0 unspecified atom stereocenters. The number of benzene rings is 4. The molecule has 36 heavy (non-hydrogen) atoms. The van der Waals surface area contributed by atoms with E-state index in [1.165, 1.54) is 0 Å². The Labute approximate surface area is 211 Å². The summed E-state index contributed by atoms with van der Waals surface area (Å²) in [5, 5.41) is 4.27. The topological polar surface area (TPSA) is 56.3 Å². The van der Waals surface area contributed by atoms with Crippen molar-refractivity contribution >= 4 is 28.5 Å². The van der Waals surface area contributed by atoms with Gasteiger partial charge < -0.3 is 14.8 Å². The Morgan fingerprint density at radius 3 is 1.94 bits per heavy atom. The minimum Gasteiger partial charge on any atom is -0.485 e. The fourth-order valence-electron chi connectivity index (χ4n) is 3.87. The van der Waals surface area contributed by atoms with Gasteiger partial charge in [0, 0.05) is 17.1 Å². The summed E-state index contributed by atoms with van der Waals surface area (Å²) in [5.74, 6) is 1.99. The summed E-state index contributed by atoms with van der Waals surface area (Å²) in [6.07, 6.45) is 5.65. The third kappa shape index (κ3) is 5.70. The summed E-state index contributed by atoms with van der Waals surface area (Å²) in [5.41, 5.74) is 5.02. The van der Waals surface area contributed by atoms with E-state index < -0.39 is 0 Å². The molecule has 5 rings (SSSR count). The fourth-order valence-corrected chi connectivity index (χ4v) is 3.87. The number of hydrogen-bond donors (Lipinski definition) is 1. The molecule has 4 aromatic carbocycles. The molecular formula is C31H27N3O2. The number of nitrogens with one attached hydrogen (secondary N) is 1. The van der Waals surface area contributed by atoms with Gasteiger partial charge in [0.25, 0.3) is 0 Å². The zero-order valence-corrected chi connectivity index (χ0v) is 20.1. The van der Waals surface area contributed by atoms with Crippen LogP contribution in [0.15, 0.2) is 109 Å². The highest BCUT2D eigenvalue weighted by atomic mass is 16.5. The molecule has 0 fully saturated rings. The standard InChI is InChI=1S/C31H27N3O2/c1-2-9-23-14-16-26(17-15-23)34-31-27-18-29(35-20-24-10-5-3-6-11-24)30(19-28(27)32-22-33-31)36-21-25-12-7-4-8-13-25/h2-19,22H,20-21H2,1H3,(H,32,33,34)/b9-2+. The summed E-state index contributed by atoms with van der Waals surface area (Å²) >= 11 is 0. The van der Waals surface area contributed by atoms with Gasteiger partial charge in [0.05, 0.1) is 5.52 Å². The van der Waals surface area contributed by atoms with Crippen LogP contribution in [-0.4, -0.2) is 9.97 Å². The maximum absolute atomic E-state index is 6.25. The first-order chi connectivity index (χ1) is 17.8. The van der Waals surface area contributed by atoms with Crippen molar-refractivity contribution in [2.75, 3.05) is 5.32 Å². The molecule has 0 saturated heterocycles. The van der Waals surface area contributed by atoms with Gasteiger partial charge in [-0.1, -0.05) is 84.9 Å². The monoisotopic (exact) mass is 473 g/mol. The average molecular weight is 474 g/mol. The maximum atomic E-state index is 6.25. The third-order valence-electron chi connectivity index (χ3n) is 5.71. The van der Waals surface area contributed by atoms with Gasteiger partial charge in [-0.25, -0.2) is 9.97 Å². The molecule has 0 aliphatic rings. The van der Waals surface area contributed by atoms with Crippen molar-refractivity contribution in [2.45, 2.75) is 20.1 Å². The normalized spacial score (nSPS) is 11.0. The molecule has 178 valence electrons. The van der Waals surface area contributed by atoms with Crippen molar-refractivity contribution in [1.82, 2.24) is 9.97 Å². The third-order valence-corrected chi connectivity index (χ3v) is 5.71. The van der Waals surface area contributed by atoms with Gasteiger partial charge in [-0.15, -0.1) is 0 Å². The molecule has 5 heteroatoms. The van der Waals surface area contributed by atoms with Crippen LogP contribution in [0.4, 0.5) is 11.5 Å². The van der Waals surface area contributed by atoms with E-state index in [4.69, 9.17) is 9.47 Å². The predicted molar refractivity (Wildman–Crippen MR) is 146 cm³/mol. The summed E-state index contributed by atoms with van der Waals surface area (Å²) < 4.78 is 12.5. The zero-order chi connectivity index (χ0) is 24.6. The Hall–Kier alpha value is -4.64. The number of ether oxygens (including phenoxy) is 2. The smallest absolute Gasteiger partial charge is 0.163 e. The van der Waals surface area contributed by atoms with Crippen LogP contribution < -0.4 is 14.8 Å². The van der Waals surface area contributed by atoms with Crippen LogP contribution in [0.2, 0.25) is 0 Å². The van der Waals surface area contributed by atoms with E-state index in [0.29, 0.717) is 30.5 Å². The minimum atomic E-state index is 0.427. The van der Waals surface area contributed by atoms with E-state index in [9.17, 15) is 0 Å². The molecular weight excluding hydrogens is 446 g/mol. The van der Waals surface area contributed by atoms with Crippen LogP contribution in [-0.2, 0) is 13.2 Å². The van der Waals surface area contributed by atoms with Gasteiger partial charge in [-0.05, 0) is 41.8 Å². The van der Waals surface area contributed by atoms with Crippen molar-refractivity contribution in [1.29, 1.82) is 0 Å². The second kappa shape index (κ2) is 11.2. The molecule has 5 nitrogen and oxygen atoms in total. The largest absolute Gasteiger partial charge is 0.485 e. The lowest BCUT2D eigenvalue weighted by molar-refractivity contribution is 0.256. The van der Waals surface area contributed by atoms with Crippen LogP contribution in [0.25, 0.3) is 17.0 Å². The highest BCUT2D eigenvalue weighted by molar-refractivity contribution is 5.93. The van der Waals surface area contributed by atoms with E-state index in [-0.39, 0.29) is 0 Å². The highest BCUT2D eigenvalue weighted by Crippen LogP contribution is 2.36. The Morgan fingerprint density at radius 1 is 0.722 bits per heavy atom. The summed E-state index contributed by atoms with van der Waals surface area (Å²) in [6.45, 7) is 2.87. The fraction of sp³-hybridized carbons (Fsp3) is 0.0968. The van der Waals surface area contributed by atoms with Gasteiger partial charge in [0.15, 0.2) is 11.5 Å². The molecule has 5 aromatic rings. The number of anilines is 2. The summed E-state index contributed by atoms with van der Waals surface area (Å²) in [6, 6.07) is 32.2. The van der Waals surface area contributed by atoms with E-state index in [0.717, 1.165) is 33.3 Å². The maximum Gasteiger partial charge on any atom is 0.163 e. The van der Waals surface area contributed by atoms with Gasteiger partial charge in [0.2, 0.25) is 0 Å². The molecule has 0 aliphatic heterocycles. The average Bonchev–Trinajstić information content (AvgIpc) is 2.93. The molecule has 1 N–H and O–H groups in total. The highest BCUT2D eigenvalue weighted by Gasteiger charge is 2.13. The van der Waals surface area contributed by atoms with E-state index in [2.05, 4.69) is 33.5 Å². The van der Waals surface area contributed by atoms with Gasteiger partial charge in [0.1, 0.15) is 25.4 Å².